The molecule has 3 N–H and O–H groups in total. The van der Waals surface area contributed by atoms with E-state index in [2.05, 4.69) is 24.3 Å². The maximum absolute atomic E-state index is 12.3. The van der Waals surface area contributed by atoms with E-state index in [1.165, 1.54) is 51.4 Å². The van der Waals surface area contributed by atoms with Crippen LogP contribution in [0.5, 0.6) is 0 Å². The fraction of sp³-hybridized carbons (Fsp3) is 0.941. The van der Waals surface area contributed by atoms with Gasteiger partial charge in [-0.2, -0.15) is 0 Å². The SMILES string of the molecule is CN(C)C1(CNC(=O)CC2(N)CCCCC2)CCCCC1. The van der Waals surface area contributed by atoms with Gasteiger partial charge >= 0.3 is 0 Å². The summed E-state index contributed by atoms with van der Waals surface area (Å²) in [6.45, 7) is 0.773. The van der Waals surface area contributed by atoms with Gasteiger partial charge in [-0.1, -0.05) is 38.5 Å². The molecule has 0 heterocycles. The molecular formula is C17H33N3O. The van der Waals surface area contributed by atoms with Crippen molar-refractivity contribution in [2.24, 2.45) is 5.73 Å². The monoisotopic (exact) mass is 295 g/mol. The molecule has 4 heteroatoms. The van der Waals surface area contributed by atoms with Gasteiger partial charge in [-0.05, 0) is 39.8 Å². The smallest absolute Gasteiger partial charge is 0.221 e. The zero-order valence-corrected chi connectivity index (χ0v) is 13.9. The van der Waals surface area contributed by atoms with Crippen molar-refractivity contribution in [2.45, 2.75) is 81.7 Å². The summed E-state index contributed by atoms with van der Waals surface area (Å²) < 4.78 is 0. The number of hydrogen-bond donors (Lipinski definition) is 2. The van der Waals surface area contributed by atoms with E-state index in [0.717, 1.165) is 19.4 Å². The maximum atomic E-state index is 12.3. The molecule has 0 spiro atoms. The number of nitrogens with zero attached hydrogens (tertiary/aromatic N) is 1. The minimum atomic E-state index is -0.250. The number of carbonyl (C=O) groups is 1. The Kier molecular flexibility index (Phi) is 5.67. The van der Waals surface area contributed by atoms with Crippen molar-refractivity contribution in [1.29, 1.82) is 0 Å². The molecule has 0 radical (unpaired) electrons. The number of hydrogen-bond acceptors (Lipinski definition) is 3. The number of nitrogens with one attached hydrogen (secondary N) is 1. The molecule has 2 fully saturated rings. The number of carbonyl (C=O) groups excluding carboxylic acids is 1. The second-order valence-electron chi connectivity index (χ2n) is 7.56. The van der Waals surface area contributed by atoms with Gasteiger partial charge in [0.2, 0.25) is 5.91 Å². The van der Waals surface area contributed by atoms with Gasteiger partial charge in [0.15, 0.2) is 0 Å². The van der Waals surface area contributed by atoms with Crippen molar-refractivity contribution < 1.29 is 4.79 Å². The summed E-state index contributed by atoms with van der Waals surface area (Å²) in [5.41, 5.74) is 6.30. The van der Waals surface area contributed by atoms with E-state index in [1.54, 1.807) is 0 Å². The van der Waals surface area contributed by atoms with E-state index in [1.807, 2.05) is 0 Å². The summed E-state index contributed by atoms with van der Waals surface area (Å²) in [5.74, 6) is 0.145. The molecule has 2 saturated carbocycles. The molecule has 2 aliphatic rings. The predicted octanol–water partition coefficient (Wildman–Crippen LogP) is 2.42. The highest BCUT2D eigenvalue weighted by Gasteiger charge is 2.35. The van der Waals surface area contributed by atoms with Gasteiger partial charge in [-0.15, -0.1) is 0 Å². The minimum absolute atomic E-state index is 0.145. The van der Waals surface area contributed by atoms with E-state index >= 15 is 0 Å². The van der Waals surface area contributed by atoms with Crippen LogP contribution in [0.2, 0.25) is 0 Å². The van der Waals surface area contributed by atoms with Crippen LogP contribution < -0.4 is 11.1 Å². The first kappa shape index (κ1) is 16.8. The molecule has 0 atom stereocenters. The Balaban J connectivity index is 1.84. The van der Waals surface area contributed by atoms with E-state index in [0.29, 0.717) is 6.42 Å². The molecule has 0 saturated heterocycles. The second kappa shape index (κ2) is 7.10. The normalized spacial score (nSPS) is 24.8. The summed E-state index contributed by atoms with van der Waals surface area (Å²) in [6.07, 6.45) is 12.4. The van der Waals surface area contributed by atoms with E-state index < -0.39 is 0 Å². The standard InChI is InChI=1S/C17H33N3O/c1-20(2)17(11-7-4-8-12-17)14-19-15(21)13-16(18)9-5-3-6-10-16/h3-14,18H2,1-2H3,(H,19,21). The zero-order valence-electron chi connectivity index (χ0n) is 13.9. The van der Waals surface area contributed by atoms with Crippen LogP contribution in [-0.2, 0) is 4.79 Å². The van der Waals surface area contributed by atoms with Crippen LogP contribution in [0, 0.1) is 0 Å². The molecular weight excluding hydrogens is 262 g/mol. The summed E-state index contributed by atoms with van der Waals surface area (Å²) in [5, 5.41) is 3.19. The summed E-state index contributed by atoms with van der Waals surface area (Å²) >= 11 is 0. The highest BCUT2D eigenvalue weighted by atomic mass is 16.1. The lowest BCUT2D eigenvalue weighted by Crippen LogP contribution is -2.55. The summed E-state index contributed by atoms with van der Waals surface area (Å²) in [6, 6.07) is 0. The third-order valence-electron chi connectivity index (χ3n) is 5.71. The van der Waals surface area contributed by atoms with Crippen LogP contribution in [0.15, 0.2) is 0 Å². The predicted molar refractivity (Wildman–Crippen MR) is 87.1 cm³/mol. The van der Waals surface area contributed by atoms with Crippen molar-refractivity contribution in [3.63, 3.8) is 0 Å². The van der Waals surface area contributed by atoms with E-state index in [4.69, 9.17) is 5.73 Å². The van der Waals surface area contributed by atoms with E-state index in [-0.39, 0.29) is 17.0 Å². The maximum Gasteiger partial charge on any atom is 0.221 e. The summed E-state index contributed by atoms with van der Waals surface area (Å²) in [4.78, 5) is 14.6. The van der Waals surface area contributed by atoms with Crippen molar-refractivity contribution >= 4 is 5.91 Å². The van der Waals surface area contributed by atoms with Crippen molar-refractivity contribution in [2.75, 3.05) is 20.6 Å². The first-order valence-corrected chi connectivity index (χ1v) is 8.69. The first-order valence-electron chi connectivity index (χ1n) is 8.69. The number of nitrogens with two attached hydrogens (primary N) is 1. The molecule has 2 rings (SSSR count). The molecule has 0 unspecified atom stereocenters. The quantitative estimate of drug-likeness (QED) is 0.819. The molecule has 0 aromatic rings. The first-order chi connectivity index (χ1) is 9.96. The lowest BCUT2D eigenvalue weighted by atomic mass is 9.79. The van der Waals surface area contributed by atoms with Gasteiger partial charge in [0.05, 0.1) is 0 Å². The Hall–Kier alpha value is -0.610. The third kappa shape index (κ3) is 4.43. The molecule has 21 heavy (non-hydrogen) atoms. The molecule has 1 amide bonds. The van der Waals surface area contributed by atoms with Crippen LogP contribution in [0.1, 0.15) is 70.6 Å². The zero-order chi connectivity index (χ0) is 15.3. The fourth-order valence-corrected chi connectivity index (χ4v) is 4.07. The number of rotatable bonds is 5. The van der Waals surface area contributed by atoms with Gasteiger partial charge in [0.1, 0.15) is 0 Å². The van der Waals surface area contributed by atoms with Crippen LogP contribution in [0.3, 0.4) is 0 Å². The van der Waals surface area contributed by atoms with Gasteiger partial charge in [-0.3, -0.25) is 4.79 Å². The topological polar surface area (TPSA) is 58.4 Å². The number of amides is 1. The Morgan fingerprint density at radius 3 is 2.05 bits per heavy atom. The average molecular weight is 295 g/mol. The fourth-order valence-electron chi connectivity index (χ4n) is 4.07. The molecule has 4 nitrogen and oxygen atoms in total. The third-order valence-corrected chi connectivity index (χ3v) is 5.71. The highest BCUT2D eigenvalue weighted by Crippen LogP contribution is 2.32. The van der Waals surface area contributed by atoms with Crippen LogP contribution in [-0.4, -0.2) is 42.5 Å². The Labute approximate surface area is 129 Å². The number of likely N-dealkylation sites (N-methyl/N-ethyl adjacent to an activating group) is 1. The van der Waals surface area contributed by atoms with Gasteiger partial charge in [-0.25, -0.2) is 0 Å². The Bertz CT molecular complexity index is 342. The van der Waals surface area contributed by atoms with Crippen LogP contribution >= 0.6 is 0 Å². The second-order valence-corrected chi connectivity index (χ2v) is 7.56. The van der Waals surface area contributed by atoms with Crippen molar-refractivity contribution in [3.8, 4) is 0 Å². The van der Waals surface area contributed by atoms with Crippen LogP contribution in [0.4, 0.5) is 0 Å². The average Bonchev–Trinajstić information content (AvgIpc) is 2.46. The lowest BCUT2D eigenvalue weighted by molar-refractivity contribution is -0.123. The minimum Gasteiger partial charge on any atom is -0.354 e. The molecule has 0 aromatic heterocycles. The van der Waals surface area contributed by atoms with Gasteiger partial charge in [0.25, 0.3) is 0 Å². The molecule has 0 bridgehead atoms. The van der Waals surface area contributed by atoms with Crippen LogP contribution in [0.25, 0.3) is 0 Å². The summed E-state index contributed by atoms with van der Waals surface area (Å²) in [7, 11) is 4.28. The largest absolute Gasteiger partial charge is 0.354 e. The Morgan fingerprint density at radius 2 is 1.52 bits per heavy atom. The Morgan fingerprint density at radius 1 is 1.00 bits per heavy atom. The van der Waals surface area contributed by atoms with Crippen molar-refractivity contribution in [1.82, 2.24) is 10.2 Å². The molecule has 0 aromatic carbocycles. The molecule has 122 valence electrons. The molecule has 2 aliphatic carbocycles. The van der Waals surface area contributed by atoms with Gasteiger partial charge < -0.3 is 16.0 Å². The lowest BCUT2D eigenvalue weighted by Gasteiger charge is -2.43. The van der Waals surface area contributed by atoms with Gasteiger partial charge in [0, 0.05) is 24.0 Å². The molecule has 0 aliphatic heterocycles. The highest BCUT2D eigenvalue weighted by molar-refractivity contribution is 5.77. The van der Waals surface area contributed by atoms with Crippen molar-refractivity contribution in [3.05, 3.63) is 0 Å². The van der Waals surface area contributed by atoms with E-state index in [9.17, 15) is 4.79 Å².